The summed E-state index contributed by atoms with van der Waals surface area (Å²) in [5, 5.41) is 14.6. The predicted octanol–water partition coefficient (Wildman–Crippen LogP) is 1.80. The number of nitrogens with one attached hydrogen (secondary N) is 1. The summed E-state index contributed by atoms with van der Waals surface area (Å²) >= 11 is 0. The monoisotopic (exact) mass is 271 g/mol. The summed E-state index contributed by atoms with van der Waals surface area (Å²) in [7, 11) is 2.15. The summed E-state index contributed by atoms with van der Waals surface area (Å²) < 4.78 is 0. The van der Waals surface area contributed by atoms with E-state index in [2.05, 4.69) is 34.5 Å². The maximum atomic E-state index is 10.1. The first-order valence-electron chi connectivity index (χ1n) is 7.10. The van der Waals surface area contributed by atoms with Crippen molar-refractivity contribution in [3.8, 4) is 5.75 Å². The quantitative estimate of drug-likeness (QED) is 0.893. The Kier molecular flexibility index (Phi) is 3.87. The Morgan fingerprint density at radius 2 is 1.80 bits per heavy atom. The molecule has 1 saturated heterocycles. The average molecular weight is 271 g/mol. The lowest BCUT2D eigenvalue weighted by atomic mass is 10.0. The number of piperazine rings is 1. The first kappa shape index (κ1) is 13.4. The molecule has 4 nitrogen and oxygen atoms in total. The minimum atomic E-state index is 0.366. The van der Waals surface area contributed by atoms with Crippen LogP contribution in [0.25, 0.3) is 10.8 Å². The molecule has 0 spiro atoms. The van der Waals surface area contributed by atoms with E-state index >= 15 is 0 Å². The highest BCUT2D eigenvalue weighted by molar-refractivity contribution is 5.87. The molecule has 2 aromatic carbocycles. The summed E-state index contributed by atoms with van der Waals surface area (Å²) in [4.78, 5) is 2.33. The van der Waals surface area contributed by atoms with E-state index < -0.39 is 0 Å². The second-order valence-corrected chi connectivity index (χ2v) is 5.41. The molecule has 1 fully saturated rings. The number of phenolic OH excluding ortho intramolecular Hbond substituents is 1. The molecule has 2 N–H and O–H groups in total. The van der Waals surface area contributed by atoms with E-state index in [4.69, 9.17) is 0 Å². The van der Waals surface area contributed by atoms with Crippen LogP contribution in [0.15, 0.2) is 36.4 Å². The molecule has 1 aliphatic heterocycles. The van der Waals surface area contributed by atoms with Crippen molar-refractivity contribution in [3.05, 3.63) is 42.0 Å². The normalized spacial score (nSPS) is 17.6. The minimum absolute atomic E-state index is 0.366. The molecule has 0 radical (unpaired) electrons. The van der Waals surface area contributed by atoms with Gasteiger partial charge in [-0.15, -0.1) is 0 Å². The van der Waals surface area contributed by atoms with E-state index in [0.717, 1.165) is 37.1 Å². The zero-order valence-corrected chi connectivity index (χ0v) is 11.8. The third kappa shape index (κ3) is 2.77. The summed E-state index contributed by atoms with van der Waals surface area (Å²) in [6.45, 7) is 4.85. The van der Waals surface area contributed by atoms with Crippen LogP contribution in [0.5, 0.6) is 5.75 Å². The third-order valence-electron chi connectivity index (χ3n) is 4.00. The number of hydrogen-bond donors (Lipinski definition) is 2. The Hall–Kier alpha value is -1.62. The van der Waals surface area contributed by atoms with Gasteiger partial charge in [-0.3, -0.25) is 5.43 Å². The maximum Gasteiger partial charge on any atom is 0.120 e. The Morgan fingerprint density at radius 1 is 1.05 bits per heavy atom. The van der Waals surface area contributed by atoms with Crippen molar-refractivity contribution < 1.29 is 5.11 Å². The predicted molar refractivity (Wildman–Crippen MR) is 81.5 cm³/mol. The lowest BCUT2D eigenvalue weighted by molar-refractivity contribution is 0.102. The molecule has 3 rings (SSSR count). The molecule has 0 aliphatic carbocycles. The number of nitrogens with zero attached hydrogens (tertiary/aromatic N) is 2. The molecule has 0 saturated carbocycles. The Bertz CT molecular complexity index is 591. The van der Waals surface area contributed by atoms with Crippen molar-refractivity contribution >= 4 is 10.8 Å². The smallest absolute Gasteiger partial charge is 0.120 e. The number of fused-ring (bicyclic) bond motifs is 1. The first-order valence-corrected chi connectivity index (χ1v) is 7.10. The van der Waals surface area contributed by atoms with E-state index in [9.17, 15) is 5.11 Å². The fraction of sp³-hybridized carbons (Fsp3) is 0.375. The van der Waals surface area contributed by atoms with Gasteiger partial charge in [0.05, 0.1) is 0 Å². The van der Waals surface area contributed by atoms with E-state index in [1.807, 2.05) is 18.2 Å². The number of hydrazine groups is 1. The standard InChI is InChI=1S/C16H21N3O/c1-18-8-10-19(11-9-18)17-12-15-14-5-3-2-4-13(14)6-7-16(15)20/h2-7,17,20H,8-12H2,1H3. The number of aromatic hydroxyl groups is 1. The zero-order valence-electron chi connectivity index (χ0n) is 11.8. The van der Waals surface area contributed by atoms with Crippen LogP contribution >= 0.6 is 0 Å². The van der Waals surface area contributed by atoms with Crippen LogP contribution in [0.1, 0.15) is 5.56 Å². The molecule has 2 aromatic rings. The van der Waals surface area contributed by atoms with Gasteiger partial charge in [0.1, 0.15) is 5.75 Å². The highest BCUT2D eigenvalue weighted by Gasteiger charge is 2.14. The lowest BCUT2D eigenvalue weighted by Crippen LogP contribution is -2.50. The van der Waals surface area contributed by atoms with Gasteiger partial charge in [-0.1, -0.05) is 30.3 Å². The number of rotatable bonds is 3. The average Bonchev–Trinajstić information content (AvgIpc) is 2.48. The number of benzene rings is 2. The lowest BCUT2D eigenvalue weighted by Gasteiger charge is -2.32. The summed E-state index contributed by atoms with van der Waals surface area (Å²) in [5.41, 5.74) is 4.41. The molecule has 0 atom stereocenters. The second kappa shape index (κ2) is 5.79. The topological polar surface area (TPSA) is 38.7 Å². The minimum Gasteiger partial charge on any atom is -0.508 e. The molecule has 20 heavy (non-hydrogen) atoms. The van der Waals surface area contributed by atoms with Crippen LogP contribution in [0.4, 0.5) is 0 Å². The largest absolute Gasteiger partial charge is 0.508 e. The second-order valence-electron chi connectivity index (χ2n) is 5.41. The molecule has 0 bridgehead atoms. The molecular formula is C16H21N3O. The Balaban J connectivity index is 1.75. The fourth-order valence-corrected chi connectivity index (χ4v) is 2.67. The molecule has 0 unspecified atom stereocenters. The zero-order chi connectivity index (χ0) is 13.9. The van der Waals surface area contributed by atoms with Gasteiger partial charge in [-0.25, -0.2) is 5.01 Å². The number of phenols is 1. The van der Waals surface area contributed by atoms with Gasteiger partial charge in [0.25, 0.3) is 0 Å². The van der Waals surface area contributed by atoms with Crippen LogP contribution < -0.4 is 5.43 Å². The van der Waals surface area contributed by atoms with Gasteiger partial charge in [0.2, 0.25) is 0 Å². The Labute approximate surface area is 119 Å². The molecular weight excluding hydrogens is 250 g/mol. The number of likely N-dealkylation sites (N-methyl/N-ethyl adjacent to an activating group) is 1. The first-order chi connectivity index (χ1) is 9.74. The van der Waals surface area contributed by atoms with E-state index in [-0.39, 0.29) is 0 Å². The highest BCUT2D eigenvalue weighted by Crippen LogP contribution is 2.26. The van der Waals surface area contributed by atoms with Crippen LogP contribution in [-0.2, 0) is 6.54 Å². The molecule has 0 aromatic heterocycles. The van der Waals surface area contributed by atoms with Crippen LogP contribution in [0.2, 0.25) is 0 Å². The van der Waals surface area contributed by atoms with Gasteiger partial charge in [-0.05, 0) is 23.9 Å². The molecule has 4 heteroatoms. The van der Waals surface area contributed by atoms with Crippen molar-refractivity contribution in [1.82, 2.24) is 15.3 Å². The van der Waals surface area contributed by atoms with Gasteiger partial charge in [0.15, 0.2) is 0 Å². The van der Waals surface area contributed by atoms with Gasteiger partial charge >= 0.3 is 0 Å². The fourth-order valence-electron chi connectivity index (χ4n) is 2.67. The maximum absolute atomic E-state index is 10.1. The van der Waals surface area contributed by atoms with Crippen molar-refractivity contribution in [2.45, 2.75) is 6.54 Å². The Morgan fingerprint density at radius 3 is 2.60 bits per heavy atom. The van der Waals surface area contributed by atoms with Crippen molar-refractivity contribution in [3.63, 3.8) is 0 Å². The van der Waals surface area contributed by atoms with Crippen LogP contribution in [0, 0.1) is 0 Å². The highest BCUT2D eigenvalue weighted by atomic mass is 16.3. The molecule has 1 heterocycles. The summed E-state index contributed by atoms with van der Waals surface area (Å²) in [5.74, 6) is 0.366. The van der Waals surface area contributed by atoms with E-state index in [1.54, 1.807) is 6.07 Å². The van der Waals surface area contributed by atoms with Crippen LogP contribution in [-0.4, -0.2) is 48.2 Å². The molecule has 1 aliphatic rings. The molecule has 0 amide bonds. The van der Waals surface area contributed by atoms with Crippen molar-refractivity contribution in [2.24, 2.45) is 0 Å². The SMILES string of the molecule is CN1CCN(NCc2c(O)ccc3ccccc23)CC1. The van der Waals surface area contributed by atoms with E-state index in [1.165, 1.54) is 5.39 Å². The van der Waals surface area contributed by atoms with Crippen LogP contribution in [0.3, 0.4) is 0 Å². The third-order valence-corrected chi connectivity index (χ3v) is 4.00. The number of hydrogen-bond acceptors (Lipinski definition) is 4. The molecule has 106 valence electrons. The van der Waals surface area contributed by atoms with Gasteiger partial charge in [0, 0.05) is 38.3 Å². The van der Waals surface area contributed by atoms with Crippen molar-refractivity contribution in [2.75, 3.05) is 33.2 Å². The van der Waals surface area contributed by atoms with Gasteiger partial charge in [-0.2, -0.15) is 0 Å². The summed E-state index contributed by atoms with van der Waals surface area (Å²) in [6.07, 6.45) is 0. The van der Waals surface area contributed by atoms with Crippen molar-refractivity contribution in [1.29, 1.82) is 0 Å². The summed E-state index contributed by atoms with van der Waals surface area (Å²) in [6, 6.07) is 11.9. The van der Waals surface area contributed by atoms with E-state index in [0.29, 0.717) is 12.3 Å². The van der Waals surface area contributed by atoms with Gasteiger partial charge < -0.3 is 10.0 Å².